The van der Waals surface area contributed by atoms with Gasteiger partial charge in [0, 0.05) is 6.92 Å². The van der Waals surface area contributed by atoms with Gasteiger partial charge < -0.3 is 15.0 Å². The number of carbonyl (C=O) groups is 2. The zero-order valence-electron chi connectivity index (χ0n) is 15.3. The molecule has 0 bridgehead atoms. The Kier molecular flexibility index (Phi) is 6.29. The van der Waals surface area contributed by atoms with E-state index in [-0.39, 0.29) is 18.4 Å². The molecule has 0 aliphatic carbocycles. The summed E-state index contributed by atoms with van der Waals surface area (Å²) in [5, 5.41) is 3.21. The third-order valence-electron chi connectivity index (χ3n) is 3.96. The highest BCUT2D eigenvalue weighted by atomic mass is 35.5. The third-order valence-corrected chi connectivity index (χ3v) is 4.28. The van der Waals surface area contributed by atoms with Gasteiger partial charge in [0.2, 0.25) is 11.8 Å². The summed E-state index contributed by atoms with van der Waals surface area (Å²) in [6.07, 6.45) is 0. The summed E-state index contributed by atoms with van der Waals surface area (Å²) in [6, 6.07) is 23.3. The minimum atomic E-state index is -0.362. The van der Waals surface area contributed by atoms with E-state index < -0.39 is 0 Å². The first-order valence-electron chi connectivity index (χ1n) is 8.69. The topological polar surface area (TPSA) is 58.6 Å². The monoisotopic (exact) mass is 394 g/mol. The molecular formula is C22H19ClN2O3. The summed E-state index contributed by atoms with van der Waals surface area (Å²) in [5.74, 6) is 0.524. The molecule has 6 heteroatoms. The van der Waals surface area contributed by atoms with Gasteiger partial charge >= 0.3 is 0 Å². The molecule has 0 atom stereocenters. The van der Waals surface area contributed by atoms with Crippen molar-refractivity contribution in [2.45, 2.75) is 6.92 Å². The van der Waals surface area contributed by atoms with Crippen LogP contribution in [0.2, 0.25) is 5.02 Å². The summed E-state index contributed by atoms with van der Waals surface area (Å²) >= 11 is 6.18. The summed E-state index contributed by atoms with van der Waals surface area (Å²) in [6.45, 7) is 1.22. The van der Waals surface area contributed by atoms with Gasteiger partial charge in [0.15, 0.2) is 5.75 Å². The van der Waals surface area contributed by atoms with Crippen molar-refractivity contribution in [3.8, 4) is 11.5 Å². The van der Waals surface area contributed by atoms with Crippen molar-refractivity contribution >= 4 is 34.8 Å². The molecule has 0 radical (unpaired) electrons. The van der Waals surface area contributed by atoms with Gasteiger partial charge in [-0.2, -0.15) is 0 Å². The molecule has 5 nitrogen and oxygen atoms in total. The predicted octanol–water partition coefficient (Wildman–Crippen LogP) is 5.12. The highest BCUT2D eigenvalue weighted by Crippen LogP contribution is 2.29. The zero-order chi connectivity index (χ0) is 19.9. The van der Waals surface area contributed by atoms with Crippen LogP contribution in [0.25, 0.3) is 0 Å². The van der Waals surface area contributed by atoms with Gasteiger partial charge in [-0.3, -0.25) is 9.59 Å². The van der Waals surface area contributed by atoms with E-state index in [1.165, 1.54) is 11.8 Å². The van der Waals surface area contributed by atoms with Crippen LogP contribution in [0.3, 0.4) is 0 Å². The van der Waals surface area contributed by atoms with E-state index >= 15 is 0 Å². The molecule has 0 heterocycles. The van der Waals surface area contributed by atoms with E-state index in [9.17, 15) is 9.59 Å². The van der Waals surface area contributed by atoms with Gasteiger partial charge in [0.25, 0.3) is 0 Å². The Hall–Kier alpha value is -3.31. The van der Waals surface area contributed by atoms with Crippen LogP contribution in [-0.2, 0) is 9.59 Å². The van der Waals surface area contributed by atoms with Crippen LogP contribution in [0.1, 0.15) is 6.92 Å². The lowest BCUT2D eigenvalue weighted by Gasteiger charge is -2.22. The van der Waals surface area contributed by atoms with Crippen LogP contribution in [0.5, 0.6) is 11.5 Å². The van der Waals surface area contributed by atoms with Crippen molar-refractivity contribution in [2.24, 2.45) is 0 Å². The first-order valence-corrected chi connectivity index (χ1v) is 9.07. The number of halogens is 1. The van der Waals surface area contributed by atoms with Gasteiger partial charge in [-0.1, -0.05) is 54.1 Å². The highest BCUT2D eigenvalue weighted by Gasteiger charge is 2.19. The van der Waals surface area contributed by atoms with Crippen LogP contribution in [0.4, 0.5) is 11.4 Å². The number of rotatable bonds is 6. The molecule has 2 amide bonds. The SMILES string of the molecule is CC(=O)N(CC(=O)Nc1ccccc1Oc1ccccc1)c1ccccc1Cl. The number of hydrogen-bond donors (Lipinski definition) is 1. The molecule has 28 heavy (non-hydrogen) atoms. The van der Waals surface area contributed by atoms with Gasteiger partial charge in [0.1, 0.15) is 12.3 Å². The second kappa shape index (κ2) is 9.06. The summed E-state index contributed by atoms with van der Waals surface area (Å²) in [5.41, 5.74) is 1.000. The van der Waals surface area contributed by atoms with E-state index in [1.807, 2.05) is 36.4 Å². The average Bonchev–Trinajstić information content (AvgIpc) is 2.69. The number of para-hydroxylation sites is 4. The fourth-order valence-corrected chi connectivity index (χ4v) is 2.88. The van der Waals surface area contributed by atoms with Crippen molar-refractivity contribution in [2.75, 3.05) is 16.8 Å². The number of benzene rings is 3. The van der Waals surface area contributed by atoms with Crippen LogP contribution < -0.4 is 15.0 Å². The van der Waals surface area contributed by atoms with Crippen LogP contribution in [0.15, 0.2) is 78.9 Å². The van der Waals surface area contributed by atoms with Gasteiger partial charge in [0.05, 0.1) is 16.4 Å². The van der Waals surface area contributed by atoms with E-state index in [1.54, 1.807) is 42.5 Å². The lowest BCUT2D eigenvalue weighted by atomic mass is 10.2. The van der Waals surface area contributed by atoms with Crippen molar-refractivity contribution < 1.29 is 14.3 Å². The number of nitrogens with one attached hydrogen (secondary N) is 1. The molecule has 0 aromatic heterocycles. The first kappa shape index (κ1) is 19.5. The van der Waals surface area contributed by atoms with E-state index in [4.69, 9.17) is 16.3 Å². The van der Waals surface area contributed by atoms with Gasteiger partial charge in [-0.15, -0.1) is 0 Å². The van der Waals surface area contributed by atoms with Crippen molar-refractivity contribution in [3.05, 3.63) is 83.9 Å². The van der Waals surface area contributed by atoms with Crippen LogP contribution >= 0.6 is 11.6 Å². The minimum Gasteiger partial charge on any atom is -0.455 e. The number of anilines is 2. The smallest absolute Gasteiger partial charge is 0.244 e. The lowest BCUT2D eigenvalue weighted by molar-refractivity contribution is -0.120. The summed E-state index contributed by atoms with van der Waals surface area (Å²) in [7, 11) is 0. The standard InChI is InChI=1S/C22H19ClN2O3/c1-16(26)25(20-13-7-5-11-18(20)23)15-22(27)24-19-12-6-8-14-21(19)28-17-9-3-2-4-10-17/h2-14H,15H2,1H3,(H,24,27). The molecule has 0 aliphatic rings. The Morgan fingerprint density at radius 3 is 2.29 bits per heavy atom. The van der Waals surface area contributed by atoms with Crippen molar-refractivity contribution in [1.82, 2.24) is 0 Å². The quantitative estimate of drug-likeness (QED) is 0.631. The summed E-state index contributed by atoms with van der Waals surface area (Å²) in [4.78, 5) is 26.0. The fourth-order valence-electron chi connectivity index (χ4n) is 2.64. The maximum Gasteiger partial charge on any atom is 0.244 e. The molecule has 1 N–H and O–H groups in total. The van der Waals surface area contributed by atoms with Crippen molar-refractivity contribution in [3.63, 3.8) is 0 Å². The number of ether oxygens (including phenoxy) is 1. The highest BCUT2D eigenvalue weighted by molar-refractivity contribution is 6.33. The van der Waals surface area contributed by atoms with Crippen LogP contribution in [-0.4, -0.2) is 18.4 Å². The number of hydrogen-bond acceptors (Lipinski definition) is 3. The number of carbonyl (C=O) groups excluding carboxylic acids is 2. The second-order valence-electron chi connectivity index (χ2n) is 6.02. The molecule has 3 rings (SSSR count). The second-order valence-corrected chi connectivity index (χ2v) is 6.42. The Balaban J connectivity index is 1.76. The molecule has 0 unspecified atom stereocenters. The number of amides is 2. The molecule has 3 aromatic rings. The molecule has 0 saturated carbocycles. The Labute approximate surface area is 168 Å². The van der Waals surface area contributed by atoms with E-state index in [2.05, 4.69) is 5.32 Å². The van der Waals surface area contributed by atoms with E-state index in [0.29, 0.717) is 27.9 Å². The van der Waals surface area contributed by atoms with Gasteiger partial charge in [-0.05, 0) is 36.4 Å². The summed E-state index contributed by atoms with van der Waals surface area (Å²) < 4.78 is 5.85. The van der Waals surface area contributed by atoms with Crippen molar-refractivity contribution in [1.29, 1.82) is 0 Å². The zero-order valence-corrected chi connectivity index (χ0v) is 16.0. The molecule has 0 spiro atoms. The molecule has 3 aromatic carbocycles. The Morgan fingerprint density at radius 1 is 0.929 bits per heavy atom. The molecule has 142 valence electrons. The third kappa shape index (κ3) is 4.90. The molecule has 0 fully saturated rings. The maximum absolute atomic E-state index is 12.6. The average molecular weight is 395 g/mol. The Morgan fingerprint density at radius 2 is 1.57 bits per heavy atom. The van der Waals surface area contributed by atoms with Gasteiger partial charge in [-0.25, -0.2) is 0 Å². The normalized spacial score (nSPS) is 10.2. The van der Waals surface area contributed by atoms with E-state index in [0.717, 1.165) is 0 Å². The maximum atomic E-state index is 12.6. The molecule has 0 aliphatic heterocycles. The minimum absolute atomic E-state index is 0.168. The van der Waals surface area contributed by atoms with Crippen LogP contribution in [0, 0.1) is 0 Å². The fraction of sp³-hybridized carbons (Fsp3) is 0.0909. The molecular weight excluding hydrogens is 376 g/mol. The molecule has 0 saturated heterocycles. The number of nitrogens with zero attached hydrogens (tertiary/aromatic N) is 1. The predicted molar refractivity (Wildman–Crippen MR) is 111 cm³/mol. The lowest BCUT2D eigenvalue weighted by Crippen LogP contribution is -2.36. The first-order chi connectivity index (χ1) is 13.5. The largest absolute Gasteiger partial charge is 0.455 e. The Bertz CT molecular complexity index is 976.